The molecule has 0 bridgehead atoms. The minimum absolute atomic E-state index is 0.0843. The van der Waals surface area contributed by atoms with Crippen molar-refractivity contribution in [3.05, 3.63) is 30.3 Å². The van der Waals surface area contributed by atoms with Gasteiger partial charge in [0.25, 0.3) is 0 Å². The SMILES string of the molecule is [CH3][Sn]([CH3])([CH3])[CH2]CCNC(=O)NS(=O)(=O)c1ccccc1. The third-order valence-corrected chi connectivity index (χ3v) is 9.31. The van der Waals surface area contributed by atoms with E-state index in [2.05, 4.69) is 20.1 Å². The molecule has 20 heavy (non-hydrogen) atoms. The Hall–Kier alpha value is -0.761. The molecule has 0 radical (unpaired) electrons. The van der Waals surface area contributed by atoms with E-state index in [-0.39, 0.29) is 4.90 Å². The molecule has 2 N–H and O–H groups in total. The van der Waals surface area contributed by atoms with Gasteiger partial charge in [-0.1, -0.05) is 0 Å². The molecule has 0 fully saturated rings. The molecule has 0 aromatic heterocycles. The molecule has 0 aliphatic heterocycles. The zero-order valence-corrected chi connectivity index (χ0v) is 15.8. The molecule has 5 nitrogen and oxygen atoms in total. The van der Waals surface area contributed by atoms with Crippen LogP contribution in [0.5, 0.6) is 0 Å². The van der Waals surface area contributed by atoms with E-state index >= 15 is 0 Å². The van der Waals surface area contributed by atoms with Crippen LogP contribution in [0.15, 0.2) is 35.2 Å². The van der Waals surface area contributed by atoms with Gasteiger partial charge < -0.3 is 0 Å². The molecule has 0 aliphatic carbocycles. The molecule has 0 unspecified atom stereocenters. The van der Waals surface area contributed by atoms with Crippen molar-refractivity contribution >= 4 is 34.4 Å². The van der Waals surface area contributed by atoms with Crippen molar-refractivity contribution in [2.24, 2.45) is 0 Å². The van der Waals surface area contributed by atoms with Crippen molar-refractivity contribution in [2.75, 3.05) is 6.54 Å². The van der Waals surface area contributed by atoms with E-state index < -0.39 is 34.4 Å². The number of hydrogen-bond donors (Lipinski definition) is 2. The topological polar surface area (TPSA) is 75.3 Å². The monoisotopic (exact) mass is 406 g/mol. The third kappa shape index (κ3) is 6.60. The summed E-state index contributed by atoms with van der Waals surface area (Å²) in [5, 5.41) is 2.59. The number of rotatable bonds is 6. The van der Waals surface area contributed by atoms with Crippen LogP contribution in [-0.4, -0.2) is 39.4 Å². The Morgan fingerprint density at radius 1 is 1.15 bits per heavy atom. The van der Waals surface area contributed by atoms with Crippen molar-refractivity contribution in [3.8, 4) is 0 Å². The van der Waals surface area contributed by atoms with Gasteiger partial charge in [-0.15, -0.1) is 0 Å². The Bertz CT molecular complexity index is 538. The van der Waals surface area contributed by atoms with Gasteiger partial charge in [0.2, 0.25) is 0 Å². The summed E-state index contributed by atoms with van der Waals surface area (Å²) in [7, 11) is -3.77. The molecular formula is C13H22N2O3SSn. The first-order chi connectivity index (χ1) is 9.21. The Balaban J connectivity index is 2.43. The fraction of sp³-hybridized carbons (Fsp3) is 0.462. The second-order valence-electron chi connectivity index (χ2n) is 5.84. The van der Waals surface area contributed by atoms with Crippen LogP contribution < -0.4 is 10.0 Å². The molecule has 1 rings (SSSR count). The first-order valence-corrected chi connectivity index (χ1v) is 18.6. The van der Waals surface area contributed by atoms with Crippen LogP contribution in [0, 0.1) is 0 Å². The Kier molecular flexibility index (Phi) is 6.32. The zero-order chi connectivity index (χ0) is 15.2. The van der Waals surface area contributed by atoms with E-state index in [1.807, 2.05) is 4.72 Å². The predicted octanol–water partition coefficient (Wildman–Crippen LogP) is 2.40. The molecule has 0 spiro atoms. The van der Waals surface area contributed by atoms with Crippen LogP contribution >= 0.6 is 0 Å². The number of benzene rings is 1. The third-order valence-electron chi connectivity index (χ3n) is 2.67. The summed E-state index contributed by atoms with van der Waals surface area (Å²) in [5.41, 5.74) is 0. The van der Waals surface area contributed by atoms with E-state index in [1.54, 1.807) is 18.2 Å². The molecule has 0 heterocycles. The summed E-state index contributed by atoms with van der Waals surface area (Å²) in [4.78, 5) is 18.6. The summed E-state index contributed by atoms with van der Waals surface area (Å²) >= 11 is -1.80. The van der Waals surface area contributed by atoms with Gasteiger partial charge in [-0.05, 0) is 0 Å². The van der Waals surface area contributed by atoms with Gasteiger partial charge in [-0.3, -0.25) is 0 Å². The number of hydrogen-bond acceptors (Lipinski definition) is 3. The Morgan fingerprint density at radius 2 is 1.75 bits per heavy atom. The second-order valence-corrected chi connectivity index (χ2v) is 23.6. The molecule has 1 aromatic carbocycles. The molecule has 0 aliphatic rings. The standard InChI is InChI=1S/C10H13N2O3S.3CH3.Sn/c1-2-8-11-10(13)12-16(14,15)9-6-4-3-5-7-9;;;;/h3-7H,1-2,8H2,(H2,11,12,13);3*1H3;. The van der Waals surface area contributed by atoms with Crippen LogP contribution in [-0.2, 0) is 10.0 Å². The van der Waals surface area contributed by atoms with Gasteiger partial charge in [0.15, 0.2) is 0 Å². The first-order valence-electron chi connectivity index (χ1n) is 6.56. The van der Waals surface area contributed by atoms with Gasteiger partial charge in [0.1, 0.15) is 0 Å². The summed E-state index contributed by atoms with van der Waals surface area (Å²) in [5.74, 6) is 0. The Labute approximate surface area is 125 Å². The van der Waals surface area contributed by atoms with E-state index in [4.69, 9.17) is 0 Å². The summed E-state index contributed by atoms with van der Waals surface area (Å²) < 4.78 is 26.9. The number of nitrogens with one attached hydrogen (secondary N) is 2. The van der Waals surface area contributed by atoms with Crippen molar-refractivity contribution in [1.29, 1.82) is 0 Å². The number of carbonyl (C=O) groups excluding carboxylic acids is 1. The Morgan fingerprint density at radius 3 is 2.30 bits per heavy atom. The van der Waals surface area contributed by atoms with Crippen molar-refractivity contribution in [2.45, 2.75) is 30.6 Å². The van der Waals surface area contributed by atoms with Crippen LogP contribution in [0.4, 0.5) is 4.79 Å². The summed E-state index contributed by atoms with van der Waals surface area (Å²) in [6, 6.07) is 7.18. The maximum atomic E-state index is 11.9. The second kappa shape index (κ2) is 7.31. The molecular weight excluding hydrogens is 383 g/mol. The number of urea groups is 1. The van der Waals surface area contributed by atoms with Crippen LogP contribution in [0.1, 0.15) is 6.42 Å². The van der Waals surface area contributed by atoms with Gasteiger partial charge >= 0.3 is 125 Å². The van der Waals surface area contributed by atoms with E-state index in [1.165, 1.54) is 16.6 Å². The van der Waals surface area contributed by atoms with Crippen molar-refractivity contribution in [1.82, 2.24) is 10.0 Å². The van der Waals surface area contributed by atoms with E-state index in [9.17, 15) is 13.2 Å². The van der Waals surface area contributed by atoms with E-state index in [0.29, 0.717) is 6.54 Å². The quantitative estimate of drug-likeness (QED) is 0.564. The number of amides is 2. The molecule has 112 valence electrons. The average Bonchev–Trinajstić information content (AvgIpc) is 2.34. The fourth-order valence-corrected chi connectivity index (χ4v) is 6.12. The van der Waals surface area contributed by atoms with E-state index in [0.717, 1.165) is 6.42 Å². The van der Waals surface area contributed by atoms with Crippen LogP contribution in [0.2, 0.25) is 19.3 Å². The van der Waals surface area contributed by atoms with Gasteiger partial charge in [-0.25, -0.2) is 0 Å². The summed E-state index contributed by atoms with van der Waals surface area (Å²) in [6.07, 6.45) is 0.901. The maximum absolute atomic E-state index is 11.9. The molecule has 7 heteroatoms. The molecule has 1 aromatic rings. The normalized spacial score (nSPS) is 11.9. The number of sulfonamides is 1. The van der Waals surface area contributed by atoms with Crippen molar-refractivity contribution in [3.63, 3.8) is 0 Å². The first kappa shape index (κ1) is 17.3. The minimum atomic E-state index is -3.77. The predicted molar refractivity (Wildman–Crippen MR) is 82.9 cm³/mol. The fourth-order valence-electron chi connectivity index (χ4n) is 1.64. The average molecular weight is 405 g/mol. The van der Waals surface area contributed by atoms with Crippen LogP contribution in [0.25, 0.3) is 0 Å². The van der Waals surface area contributed by atoms with Crippen LogP contribution in [0.3, 0.4) is 0 Å². The van der Waals surface area contributed by atoms with Gasteiger partial charge in [0, 0.05) is 0 Å². The molecule has 0 atom stereocenters. The molecule has 0 saturated heterocycles. The van der Waals surface area contributed by atoms with Gasteiger partial charge in [-0.2, -0.15) is 0 Å². The summed E-state index contributed by atoms with van der Waals surface area (Å²) in [6.45, 7) is 0.504. The van der Waals surface area contributed by atoms with Gasteiger partial charge in [0.05, 0.1) is 0 Å². The molecule has 0 saturated carbocycles. The zero-order valence-electron chi connectivity index (χ0n) is 12.1. The van der Waals surface area contributed by atoms with Crippen molar-refractivity contribution < 1.29 is 13.2 Å². The number of carbonyl (C=O) groups is 1. The molecule has 2 amide bonds.